The van der Waals surface area contributed by atoms with Crippen molar-refractivity contribution < 1.29 is 52.4 Å². The van der Waals surface area contributed by atoms with Gasteiger partial charge in [-0.2, -0.15) is 13.5 Å². The number of methoxy groups -OCH3 is 1. The number of ether oxygens (including phenoxy) is 1. The molecule has 0 saturated heterocycles. The molecule has 0 radical (unpaired) electrons. The molecule has 9 heteroatoms. The van der Waals surface area contributed by atoms with Crippen LogP contribution < -0.4 is 39.4 Å². The molecule has 0 aliphatic heterocycles. The Labute approximate surface area is 149 Å². The van der Waals surface area contributed by atoms with Gasteiger partial charge in [0.1, 0.15) is 11.4 Å². The molecule has 0 amide bonds. The molecular weight excluding hydrogens is 319 g/mol. The van der Waals surface area contributed by atoms with E-state index in [9.17, 15) is 13.5 Å². The predicted octanol–water partition coefficient (Wildman–Crippen LogP) is -0.565. The Morgan fingerprint density at radius 2 is 1.73 bits per heavy atom. The van der Waals surface area contributed by atoms with Crippen molar-refractivity contribution in [3.05, 3.63) is 42.5 Å². The summed E-state index contributed by atoms with van der Waals surface area (Å²) in [5.74, 6) is 0.0871. The van der Waals surface area contributed by atoms with Crippen LogP contribution in [0.3, 0.4) is 0 Å². The molecule has 0 spiro atoms. The quantitative estimate of drug-likeness (QED) is 0.459. The Hall–Kier alpha value is -1.45. The summed E-state index contributed by atoms with van der Waals surface area (Å²) in [5, 5.41) is 19.0. The van der Waals surface area contributed by atoms with Crippen molar-refractivity contribution >= 4 is 21.5 Å². The molecule has 7 nitrogen and oxygen atoms in total. The molecular formula is C13H11N2NaO5S. The summed E-state index contributed by atoms with van der Waals surface area (Å²) in [6, 6.07) is 9.29. The van der Waals surface area contributed by atoms with Gasteiger partial charge < -0.3 is 9.84 Å². The third kappa shape index (κ3) is 4.79. The minimum Gasteiger partial charge on any atom is -0.872 e. The third-order valence-corrected chi connectivity index (χ3v) is 3.43. The van der Waals surface area contributed by atoms with Gasteiger partial charge in [0.2, 0.25) is 0 Å². The number of hydrogen-bond donors (Lipinski definition) is 1. The maximum absolute atomic E-state index is 11.2. The van der Waals surface area contributed by atoms with Gasteiger partial charge >= 0.3 is 29.6 Å². The zero-order valence-corrected chi connectivity index (χ0v) is 14.7. The van der Waals surface area contributed by atoms with E-state index in [1.807, 2.05) is 0 Å². The first-order valence-electron chi connectivity index (χ1n) is 5.74. The first kappa shape index (κ1) is 18.6. The van der Waals surface area contributed by atoms with Crippen LogP contribution in [0, 0.1) is 0 Å². The maximum Gasteiger partial charge on any atom is 1.00 e. The van der Waals surface area contributed by atoms with Crippen LogP contribution in [0.1, 0.15) is 0 Å². The molecule has 110 valence electrons. The van der Waals surface area contributed by atoms with E-state index in [1.165, 1.54) is 49.6 Å². The van der Waals surface area contributed by atoms with Crippen LogP contribution in [0.25, 0.3) is 0 Å². The molecule has 2 aromatic rings. The van der Waals surface area contributed by atoms with Crippen molar-refractivity contribution in [2.75, 3.05) is 7.11 Å². The zero-order valence-electron chi connectivity index (χ0n) is 11.9. The average molecular weight is 330 g/mol. The van der Waals surface area contributed by atoms with Crippen LogP contribution in [0.4, 0.5) is 11.4 Å². The Morgan fingerprint density at radius 1 is 1.09 bits per heavy atom. The monoisotopic (exact) mass is 330 g/mol. The van der Waals surface area contributed by atoms with Crippen LogP contribution in [-0.2, 0) is 10.1 Å². The number of azo groups is 1. The molecule has 22 heavy (non-hydrogen) atoms. The van der Waals surface area contributed by atoms with E-state index in [1.54, 1.807) is 0 Å². The van der Waals surface area contributed by atoms with E-state index in [0.29, 0.717) is 17.1 Å². The number of hydrogen-bond acceptors (Lipinski definition) is 6. The van der Waals surface area contributed by atoms with Gasteiger partial charge in [0.05, 0.1) is 17.7 Å². The van der Waals surface area contributed by atoms with Gasteiger partial charge in [0.15, 0.2) is 0 Å². The molecule has 0 heterocycles. The number of rotatable bonds is 4. The fourth-order valence-corrected chi connectivity index (χ4v) is 2.02. The predicted molar refractivity (Wildman–Crippen MR) is 72.9 cm³/mol. The largest absolute Gasteiger partial charge is 1.00 e. The Morgan fingerprint density at radius 3 is 2.27 bits per heavy atom. The summed E-state index contributed by atoms with van der Waals surface area (Å²) in [6.45, 7) is 0. The van der Waals surface area contributed by atoms with Crippen molar-refractivity contribution in [3.63, 3.8) is 0 Å². The van der Waals surface area contributed by atoms with E-state index in [4.69, 9.17) is 9.29 Å². The first-order valence-corrected chi connectivity index (χ1v) is 7.18. The first-order chi connectivity index (χ1) is 9.90. The topological polar surface area (TPSA) is 111 Å². The normalized spacial score (nSPS) is 11.2. The Kier molecular flexibility index (Phi) is 6.51. The summed E-state index contributed by atoms with van der Waals surface area (Å²) in [6.07, 6.45) is 0. The molecule has 0 aliphatic rings. The summed E-state index contributed by atoms with van der Waals surface area (Å²) < 4.78 is 35.7. The van der Waals surface area contributed by atoms with Crippen molar-refractivity contribution in [2.45, 2.75) is 4.90 Å². The number of benzene rings is 2. The second kappa shape index (κ2) is 7.70. The van der Waals surface area contributed by atoms with E-state index in [0.717, 1.165) is 0 Å². The van der Waals surface area contributed by atoms with Crippen molar-refractivity contribution in [2.24, 2.45) is 10.2 Å². The van der Waals surface area contributed by atoms with Gasteiger partial charge in [-0.05, 0) is 36.4 Å². The maximum atomic E-state index is 11.2. The van der Waals surface area contributed by atoms with Crippen LogP contribution in [0.15, 0.2) is 57.6 Å². The molecule has 2 rings (SSSR count). The minimum absolute atomic E-state index is 0. The van der Waals surface area contributed by atoms with Crippen molar-refractivity contribution in [1.29, 1.82) is 0 Å². The molecule has 0 fully saturated rings. The fraction of sp³-hybridized carbons (Fsp3) is 0.0769. The molecule has 0 saturated carbocycles. The van der Waals surface area contributed by atoms with Crippen LogP contribution >= 0.6 is 0 Å². The fourth-order valence-electron chi connectivity index (χ4n) is 1.54. The average Bonchev–Trinajstić information content (AvgIpc) is 2.45. The standard InChI is InChI=1S/C13H12N2O5S.Na/c1-20-13-8-10(16)4-7-12(13)15-14-9-2-5-11(6-3-9)21(17,18)19;/h2-8,16H,1H3,(H,17,18,19);/q;+1/p-1. The second-order valence-corrected chi connectivity index (χ2v) is 5.42. The Balaban J connectivity index is 0.00000242. The van der Waals surface area contributed by atoms with Crippen molar-refractivity contribution in [1.82, 2.24) is 0 Å². The van der Waals surface area contributed by atoms with Gasteiger partial charge in [-0.3, -0.25) is 4.55 Å². The molecule has 0 unspecified atom stereocenters. The summed E-state index contributed by atoms with van der Waals surface area (Å²) >= 11 is 0. The van der Waals surface area contributed by atoms with E-state index >= 15 is 0 Å². The molecule has 1 N–H and O–H groups in total. The number of nitrogens with zero attached hydrogens (tertiary/aromatic N) is 2. The van der Waals surface area contributed by atoms with Crippen LogP contribution in [0.2, 0.25) is 0 Å². The van der Waals surface area contributed by atoms with Crippen LogP contribution in [0.5, 0.6) is 11.5 Å². The molecule has 0 aromatic heterocycles. The van der Waals surface area contributed by atoms with Gasteiger partial charge in [-0.15, -0.1) is 10.9 Å². The van der Waals surface area contributed by atoms with Gasteiger partial charge in [-0.25, -0.2) is 0 Å². The second-order valence-electron chi connectivity index (χ2n) is 4.00. The SMILES string of the molecule is COc1cc([O-])ccc1N=Nc1ccc(S(=O)(=O)O)cc1.[Na+]. The summed E-state index contributed by atoms with van der Waals surface area (Å²) in [5.41, 5.74) is 0.756. The molecule has 2 aromatic carbocycles. The summed E-state index contributed by atoms with van der Waals surface area (Å²) in [4.78, 5) is -0.227. The van der Waals surface area contributed by atoms with E-state index in [-0.39, 0.29) is 40.2 Å². The third-order valence-electron chi connectivity index (χ3n) is 2.56. The van der Waals surface area contributed by atoms with Crippen LogP contribution in [-0.4, -0.2) is 20.1 Å². The molecule has 0 atom stereocenters. The summed E-state index contributed by atoms with van der Waals surface area (Å²) in [7, 11) is -2.82. The van der Waals surface area contributed by atoms with E-state index < -0.39 is 10.1 Å². The Bertz CT molecular complexity index is 776. The van der Waals surface area contributed by atoms with Crippen molar-refractivity contribution in [3.8, 4) is 11.5 Å². The van der Waals surface area contributed by atoms with Gasteiger partial charge in [0.25, 0.3) is 10.1 Å². The molecule has 0 bridgehead atoms. The van der Waals surface area contributed by atoms with E-state index in [2.05, 4.69) is 10.2 Å². The smallest absolute Gasteiger partial charge is 0.872 e. The van der Waals surface area contributed by atoms with Gasteiger partial charge in [0, 0.05) is 0 Å². The van der Waals surface area contributed by atoms with Gasteiger partial charge in [-0.1, -0.05) is 6.07 Å². The minimum atomic E-state index is -4.23. The zero-order chi connectivity index (χ0) is 15.5. The molecule has 0 aliphatic carbocycles.